The monoisotopic (exact) mass is 903 g/mol. The van der Waals surface area contributed by atoms with Crippen molar-refractivity contribution in [2.24, 2.45) is 34.8 Å². The first-order chi connectivity index (χ1) is 23.4. The van der Waals surface area contributed by atoms with Gasteiger partial charge in [0.15, 0.2) is 0 Å². The van der Waals surface area contributed by atoms with Gasteiger partial charge in [0.1, 0.15) is 12.1 Å². The van der Waals surface area contributed by atoms with Gasteiger partial charge in [-0.25, -0.2) is 0 Å². The number of imide groups is 2. The van der Waals surface area contributed by atoms with Crippen molar-refractivity contribution in [3.8, 4) is 0 Å². The van der Waals surface area contributed by atoms with Crippen LogP contribution in [-0.4, -0.2) is 116 Å². The van der Waals surface area contributed by atoms with Gasteiger partial charge in [0.2, 0.25) is 0 Å². The van der Waals surface area contributed by atoms with Crippen LogP contribution in [0.5, 0.6) is 0 Å². The Hall–Kier alpha value is -4.87. The molecule has 18 nitrogen and oxygen atoms in total. The summed E-state index contributed by atoms with van der Waals surface area (Å²) in [5.74, 6) is -7.16. The molecule has 2 aliphatic heterocycles. The van der Waals surface area contributed by atoms with Crippen molar-refractivity contribution in [1.29, 1.82) is 0 Å². The number of nitrogens with two attached hydrogens (primary N) is 4. The van der Waals surface area contributed by atoms with Crippen LogP contribution in [0, 0.1) is 18.8 Å². The van der Waals surface area contributed by atoms with Crippen LogP contribution >= 0.6 is 0 Å². The average Bonchev–Trinajstić information content (AvgIpc) is 3.49. The zero-order valence-electron chi connectivity index (χ0n) is 28.1. The number of aliphatic carboxylic acids is 4. The molecule has 0 radical (unpaired) electrons. The van der Waals surface area contributed by atoms with Crippen LogP contribution < -0.4 is 22.9 Å². The SMILES string of the molecule is C.CC(CN)C(=O)O.CC(CN1C(=O)c2ccccc2C1=O)C(=O)O.NC(CN1C(=O)c2ccccc2C1=O)C(=O)O.NCC(N)C(=O)O.[CH2-]C.[W]. The number of rotatable bonds is 10. The molecule has 52 heavy (non-hydrogen) atoms. The summed E-state index contributed by atoms with van der Waals surface area (Å²) in [7, 11) is 0. The van der Waals surface area contributed by atoms with E-state index < -0.39 is 71.4 Å². The van der Waals surface area contributed by atoms with E-state index in [2.05, 4.69) is 6.92 Å². The summed E-state index contributed by atoms with van der Waals surface area (Å²) in [5, 5.41) is 33.5. The van der Waals surface area contributed by atoms with Crippen molar-refractivity contribution in [2.45, 2.75) is 40.3 Å². The molecule has 0 saturated carbocycles. The maximum atomic E-state index is 11.9. The van der Waals surface area contributed by atoms with Gasteiger partial charge in [-0.05, 0) is 24.3 Å². The number of carboxylic acids is 4. The third-order valence-electron chi connectivity index (χ3n) is 6.68. The summed E-state index contributed by atoms with van der Waals surface area (Å²) in [6.45, 7) is 7.84. The Balaban J connectivity index is -0.000000644. The van der Waals surface area contributed by atoms with Crippen LogP contribution in [0.3, 0.4) is 0 Å². The Kier molecular flexibility index (Phi) is 24.9. The van der Waals surface area contributed by atoms with Crippen molar-refractivity contribution in [3.63, 3.8) is 0 Å². The predicted molar refractivity (Wildman–Crippen MR) is 184 cm³/mol. The van der Waals surface area contributed by atoms with E-state index in [1.54, 1.807) is 50.2 Å². The van der Waals surface area contributed by atoms with E-state index in [4.69, 9.17) is 43.4 Å². The van der Waals surface area contributed by atoms with E-state index in [1.807, 2.05) is 0 Å². The van der Waals surface area contributed by atoms with Gasteiger partial charge < -0.3 is 50.3 Å². The summed E-state index contributed by atoms with van der Waals surface area (Å²) in [4.78, 5) is 90.2. The Bertz CT molecular complexity index is 1370. The summed E-state index contributed by atoms with van der Waals surface area (Å²) in [6.07, 6.45) is 0. The molecule has 4 amide bonds. The Morgan fingerprint density at radius 3 is 1.06 bits per heavy atom. The zero-order valence-corrected chi connectivity index (χ0v) is 31.1. The molecule has 2 aromatic carbocycles. The maximum absolute atomic E-state index is 11.9. The number of nitrogens with zero attached hydrogens (tertiary/aromatic N) is 2. The Morgan fingerprint density at radius 2 is 0.865 bits per heavy atom. The van der Waals surface area contributed by atoms with Crippen molar-refractivity contribution >= 4 is 47.5 Å². The molecule has 2 aliphatic rings. The molecule has 2 heterocycles. The van der Waals surface area contributed by atoms with E-state index in [0.29, 0.717) is 11.1 Å². The molecule has 4 rings (SSSR count). The van der Waals surface area contributed by atoms with Crippen LogP contribution in [0.15, 0.2) is 48.5 Å². The quantitative estimate of drug-likeness (QED) is 0.117. The number of carbonyl (C=O) groups excluding carboxylic acids is 4. The second-order valence-electron chi connectivity index (χ2n) is 10.4. The molecule has 0 fully saturated rings. The van der Waals surface area contributed by atoms with Gasteiger partial charge in [-0.1, -0.05) is 45.5 Å². The largest absolute Gasteiger partial charge is 0.481 e. The number of fused-ring (bicyclic) bond motifs is 2. The second-order valence-corrected chi connectivity index (χ2v) is 10.4. The molecule has 4 unspecified atom stereocenters. The van der Waals surface area contributed by atoms with Gasteiger partial charge in [-0.3, -0.25) is 48.2 Å². The van der Waals surface area contributed by atoms with E-state index in [-0.39, 0.29) is 65.8 Å². The standard InChI is InChI=1S/C12H11NO4.C11H10N2O4.C4H9NO2.C3H8N2O2.C2H5.CH4.W/c1-7(12(16)17)6-13-10(14)8-4-2-3-5-9(8)11(13)15;12-8(11(16)17)5-13-9(14)6-3-1-2-4-7(6)10(13)15;1-3(2-5)4(6)7;4-1-2(5)3(6)7;1-2;;/h2-5,7H,6H2,1H3,(H,16,17);1-4,8H,5,12H2,(H,16,17);3H,2,5H2,1H3,(H,6,7);2H,1,4-5H2,(H,6,7);1H2,2H3;1H4;/q;;;;-1;;. The smallest absolute Gasteiger partial charge is 0.322 e. The minimum Gasteiger partial charge on any atom is -0.481 e. The van der Waals surface area contributed by atoms with Crippen molar-refractivity contribution in [3.05, 3.63) is 77.7 Å². The van der Waals surface area contributed by atoms with Crippen LogP contribution in [0.2, 0.25) is 0 Å². The van der Waals surface area contributed by atoms with E-state index in [1.165, 1.54) is 19.1 Å². The average molecular weight is 904 g/mol. The van der Waals surface area contributed by atoms with Gasteiger partial charge in [-0.15, -0.1) is 0 Å². The number of hydrogen-bond acceptors (Lipinski definition) is 12. The van der Waals surface area contributed by atoms with Gasteiger partial charge in [0, 0.05) is 40.7 Å². The van der Waals surface area contributed by atoms with Crippen LogP contribution in [-0.2, 0) is 40.2 Å². The fraction of sp³-hybridized carbons (Fsp3) is 0.364. The number of benzene rings is 2. The van der Waals surface area contributed by atoms with Crippen molar-refractivity contribution < 1.29 is 79.8 Å². The second kappa shape index (κ2) is 25.1. The first kappa shape index (κ1) is 51.5. The van der Waals surface area contributed by atoms with Gasteiger partial charge in [0.25, 0.3) is 23.6 Å². The fourth-order valence-electron chi connectivity index (χ4n) is 3.64. The molecule has 0 aliphatic carbocycles. The number of hydrogen-bond donors (Lipinski definition) is 8. The molecule has 0 bridgehead atoms. The van der Waals surface area contributed by atoms with Gasteiger partial charge in [-0.2, -0.15) is 6.92 Å². The molecular formula is C33H47N6O12W-. The summed E-state index contributed by atoms with van der Waals surface area (Å²) >= 11 is 0. The zero-order chi connectivity index (χ0) is 38.9. The van der Waals surface area contributed by atoms with Gasteiger partial charge >= 0.3 is 23.9 Å². The number of carboxylic acid groups (broad SMARTS) is 4. The van der Waals surface area contributed by atoms with Crippen LogP contribution in [0.4, 0.5) is 0 Å². The van der Waals surface area contributed by atoms with E-state index in [9.17, 15) is 38.4 Å². The number of amides is 4. The molecule has 0 spiro atoms. The topological polar surface area (TPSA) is 328 Å². The molecule has 4 atom stereocenters. The molecule has 0 saturated heterocycles. The first-order valence-corrected chi connectivity index (χ1v) is 14.8. The van der Waals surface area contributed by atoms with Crippen LogP contribution in [0.25, 0.3) is 0 Å². The first-order valence-electron chi connectivity index (χ1n) is 14.8. The minimum absolute atomic E-state index is 0. The normalized spacial score (nSPS) is 14.2. The van der Waals surface area contributed by atoms with Crippen LogP contribution in [0.1, 0.15) is 69.6 Å². The molecule has 12 N–H and O–H groups in total. The van der Waals surface area contributed by atoms with Crippen molar-refractivity contribution in [2.75, 3.05) is 26.2 Å². The molecule has 288 valence electrons. The molecular weight excluding hydrogens is 856 g/mol. The third kappa shape index (κ3) is 14.8. The van der Waals surface area contributed by atoms with E-state index >= 15 is 0 Å². The fourth-order valence-corrected chi connectivity index (χ4v) is 3.64. The summed E-state index contributed by atoms with van der Waals surface area (Å²) < 4.78 is 0. The molecule has 19 heteroatoms. The molecule has 0 aromatic heterocycles. The Labute approximate surface area is 315 Å². The summed E-state index contributed by atoms with van der Waals surface area (Å²) in [6, 6.07) is 10.7. The van der Waals surface area contributed by atoms with Crippen molar-refractivity contribution in [1.82, 2.24) is 9.80 Å². The Morgan fingerprint density at radius 1 is 0.577 bits per heavy atom. The molecule has 2 aromatic rings. The minimum atomic E-state index is -1.27. The number of carbonyl (C=O) groups is 8. The maximum Gasteiger partial charge on any atom is 0.322 e. The van der Waals surface area contributed by atoms with Gasteiger partial charge in [0.05, 0.1) is 40.6 Å². The predicted octanol–water partition coefficient (Wildman–Crippen LogP) is 0.195. The summed E-state index contributed by atoms with van der Waals surface area (Å²) in [5.41, 5.74) is 21.3. The van der Waals surface area contributed by atoms with E-state index in [0.717, 1.165) is 9.80 Å². The third-order valence-corrected chi connectivity index (χ3v) is 6.68.